The van der Waals surface area contributed by atoms with Crippen LogP contribution in [-0.2, 0) is 11.2 Å². The van der Waals surface area contributed by atoms with Crippen molar-refractivity contribution in [3.63, 3.8) is 0 Å². The average molecular weight is 271 g/mol. The van der Waals surface area contributed by atoms with Gasteiger partial charge < -0.3 is 10.5 Å². The Labute approximate surface area is 116 Å². The van der Waals surface area contributed by atoms with E-state index >= 15 is 0 Å². The molecule has 0 heterocycles. The van der Waals surface area contributed by atoms with Gasteiger partial charge in [0.15, 0.2) is 0 Å². The van der Waals surface area contributed by atoms with Crippen LogP contribution >= 0.6 is 0 Å². The van der Waals surface area contributed by atoms with Crippen molar-refractivity contribution in [2.75, 3.05) is 12.3 Å². The molecule has 2 N–H and O–H groups in total. The Kier molecular flexibility index (Phi) is 3.14. The molecule has 3 rings (SSSR count). The number of fused-ring (bicyclic) bond motifs is 1. The highest BCUT2D eigenvalue weighted by Crippen LogP contribution is 2.34. The van der Waals surface area contributed by atoms with Gasteiger partial charge in [-0.3, -0.25) is 0 Å². The summed E-state index contributed by atoms with van der Waals surface area (Å²) in [5, 5.41) is 0. The smallest absolute Gasteiger partial charge is 0.338 e. The normalized spacial score (nSPS) is 16.1. The number of carbonyl (C=O) groups is 1. The fourth-order valence-electron chi connectivity index (χ4n) is 2.50. The summed E-state index contributed by atoms with van der Waals surface area (Å²) in [5.74, 6) is -0.840. The predicted octanol–water partition coefficient (Wildman–Crippen LogP) is 2.90. The SMILES string of the molecule is Nc1cc(F)cc(C(=O)OCC2Cc3ccccc32)c1. The molecular formula is C16H14FNO2. The first-order chi connectivity index (χ1) is 9.63. The highest BCUT2D eigenvalue weighted by atomic mass is 19.1. The Bertz CT molecular complexity index is 649. The summed E-state index contributed by atoms with van der Waals surface area (Å²) in [5.41, 5.74) is 8.38. The molecule has 1 unspecified atom stereocenters. The molecule has 0 aliphatic heterocycles. The highest BCUT2D eigenvalue weighted by molar-refractivity contribution is 5.90. The summed E-state index contributed by atoms with van der Waals surface area (Å²) >= 11 is 0. The van der Waals surface area contributed by atoms with Crippen LogP contribution < -0.4 is 5.73 Å². The summed E-state index contributed by atoms with van der Waals surface area (Å²) in [6, 6.07) is 11.8. The first-order valence-corrected chi connectivity index (χ1v) is 6.44. The molecule has 102 valence electrons. The van der Waals surface area contributed by atoms with Gasteiger partial charge in [-0.25, -0.2) is 9.18 Å². The van der Waals surface area contributed by atoms with Crippen LogP contribution in [0, 0.1) is 5.82 Å². The van der Waals surface area contributed by atoms with E-state index in [-0.39, 0.29) is 17.2 Å². The van der Waals surface area contributed by atoms with Crippen molar-refractivity contribution in [1.29, 1.82) is 0 Å². The Morgan fingerprint density at radius 2 is 2.10 bits per heavy atom. The standard InChI is InChI=1S/C16H14FNO2/c17-13-6-11(7-14(18)8-13)16(19)20-9-12-5-10-3-1-2-4-15(10)12/h1-4,6-8,12H,5,9,18H2. The van der Waals surface area contributed by atoms with Crippen LogP contribution in [-0.4, -0.2) is 12.6 Å². The minimum atomic E-state index is -0.541. The summed E-state index contributed by atoms with van der Waals surface area (Å²) in [6.07, 6.45) is 0.911. The Morgan fingerprint density at radius 1 is 1.30 bits per heavy atom. The monoisotopic (exact) mass is 271 g/mol. The zero-order valence-corrected chi connectivity index (χ0v) is 10.8. The van der Waals surface area contributed by atoms with Crippen LogP contribution in [0.5, 0.6) is 0 Å². The largest absolute Gasteiger partial charge is 0.461 e. The molecule has 0 saturated carbocycles. The van der Waals surface area contributed by atoms with E-state index in [1.165, 1.54) is 23.3 Å². The van der Waals surface area contributed by atoms with Gasteiger partial charge in [0.2, 0.25) is 0 Å². The number of halogens is 1. The molecule has 20 heavy (non-hydrogen) atoms. The number of nitrogens with two attached hydrogens (primary N) is 1. The van der Waals surface area contributed by atoms with Crippen molar-refractivity contribution >= 4 is 11.7 Å². The lowest BCUT2D eigenvalue weighted by Crippen LogP contribution is -2.23. The minimum absolute atomic E-state index is 0.148. The number of anilines is 1. The van der Waals surface area contributed by atoms with Gasteiger partial charge in [0.25, 0.3) is 0 Å². The van der Waals surface area contributed by atoms with Gasteiger partial charge in [-0.15, -0.1) is 0 Å². The van der Waals surface area contributed by atoms with Crippen molar-refractivity contribution in [3.05, 3.63) is 65.0 Å². The Balaban J connectivity index is 1.64. The molecule has 0 fully saturated rings. The number of nitrogen functional groups attached to an aromatic ring is 1. The number of rotatable bonds is 3. The number of esters is 1. The van der Waals surface area contributed by atoms with Gasteiger partial charge in [-0.1, -0.05) is 24.3 Å². The Hall–Kier alpha value is -2.36. The molecule has 4 heteroatoms. The van der Waals surface area contributed by atoms with Crippen LogP contribution in [0.2, 0.25) is 0 Å². The van der Waals surface area contributed by atoms with Crippen molar-refractivity contribution in [1.82, 2.24) is 0 Å². The third-order valence-electron chi connectivity index (χ3n) is 3.53. The zero-order chi connectivity index (χ0) is 14.1. The van der Waals surface area contributed by atoms with Gasteiger partial charge in [-0.05, 0) is 35.7 Å². The zero-order valence-electron chi connectivity index (χ0n) is 10.8. The first-order valence-electron chi connectivity index (χ1n) is 6.44. The van der Waals surface area contributed by atoms with Crippen molar-refractivity contribution in [2.24, 2.45) is 0 Å². The van der Waals surface area contributed by atoms with Crippen molar-refractivity contribution in [2.45, 2.75) is 12.3 Å². The molecule has 1 atom stereocenters. The lowest BCUT2D eigenvalue weighted by Gasteiger charge is -2.29. The molecule has 0 saturated heterocycles. The second-order valence-corrected chi connectivity index (χ2v) is 4.97. The maximum absolute atomic E-state index is 13.2. The van der Waals surface area contributed by atoms with Crippen LogP contribution in [0.25, 0.3) is 0 Å². The maximum Gasteiger partial charge on any atom is 0.338 e. The molecule has 0 bridgehead atoms. The molecule has 1 aliphatic rings. The van der Waals surface area contributed by atoms with E-state index in [0.717, 1.165) is 12.5 Å². The lowest BCUT2D eigenvalue weighted by atomic mass is 9.78. The second-order valence-electron chi connectivity index (χ2n) is 4.97. The highest BCUT2D eigenvalue weighted by Gasteiger charge is 2.26. The summed E-state index contributed by atoms with van der Waals surface area (Å²) < 4.78 is 18.4. The maximum atomic E-state index is 13.2. The first kappa shape index (κ1) is 12.7. The van der Waals surface area contributed by atoms with Crippen molar-refractivity contribution < 1.29 is 13.9 Å². The molecule has 0 amide bonds. The van der Waals surface area contributed by atoms with E-state index in [1.54, 1.807) is 0 Å². The molecule has 3 nitrogen and oxygen atoms in total. The molecule has 0 radical (unpaired) electrons. The van der Waals surface area contributed by atoms with E-state index < -0.39 is 11.8 Å². The number of carbonyl (C=O) groups excluding carboxylic acids is 1. The Morgan fingerprint density at radius 3 is 2.85 bits per heavy atom. The van der Waals surface area contributed by atoms with E-state index in [0.29, 0.717) is 6.61 Å². The van der Waals surface area contributed by atoms with E-state index in [4.69, 9.17) is 10.5 Å². The van der Waals surface area contributed by atoms with Gasteiger partial charge in [0.1, 0.15) is 5.82 Å². The fourth-order valence-corrected chi connectivity index (χ4v) is 2.50. The minimum Gasteiger partial charge on any atom is -0.461 e. The van der Waals surface area contributed by atoms with Crippen LogP contribution in [0.15, 0.2) is 42.5 Å². The summed E-state index contributed by atoms with van der Waals surface area (Å²) in [4.78, 5) is 11.9. The fraction of sp³-hybridized carbons (Fsp3) is 0.188. The third-order valence-corrected chi connectivity index (χ3v) is 3.53. The topological polar surface area (TPSA) is 52.3 Å². The van der Waals surface area contributed by atoms with E-state index in [9.17, 15) is 9.18 Å². The molecule has 0 spiro atoms. The van der Waals surface area contributed by atoms with Gasteiger partial charge >= 0.3 is 5.97 Å². The molecule has 2 aromatic rings. The van der Waals surface area contributed by atoms with Crippen molar-refractivity contribution in [3.8, 4) is 0 Å². The van der Waals surface area contributed by atoms with Crippen LogP contribution in [0.3, 0.4) is 0 Å². The third kappa shape index (κ3) is 2.37. The van der Waals surface area contributed by atoms with Gasteiger partial charge in [0, 0.05) is 11.6 Å². The number of ether oxygens (including phenoxy) is 1. The molecule has 1 aliphatic carbocycles. The van der Waals surface area contributed by atoms with Gasteiger partial charge in [-0.2, -0.15) is 0 Å². The molecule has 2 aromatic carbocycles. The van der Waals surface area contributed by atoms with Crippen LogP contribution in [0.4, 0.5) is 10.1 Å². The van der Waals surface area contributed by atoms with Gasteiger partial charge in [0.05, 0.1) is 12.2 Å². The van der Waals surface area contributed by atoms with E-state index in [1.807, 2.05) is 18.2 Å². The average Bonchev–Trinajstić information content (AvgIpc) is 2.38. The lowest BCUT2D eigenvalue weighted by molar-refractivity contribution is 0.0469. The predicted molar refractivity (Wildman–Crippen MR) is 74.0 cm³/mol. The van der Waals surface area contributed by atoms with Crippen LogP contribution in [0.1, 0.15) is 27.4 Å². The number of hydrogen-bond donors (Lipinski definition) is 1. The summed E-state index contributed by atoms with van der Waals surface area (Å²) in [7, 11) is 0. The second kappa shape index (κ2) is 4.96. The summed E-state index contributed by atoms with van der Waals surface area (Å²) in [6.45, 7) is 0.312. The number of benzene rings is 2. The van der Waals surface area contributed by atoms with E-state index in [2.05, 4.69) is 6.07 Å². The number of hydrogen-bond acceptors (Lipinski definition) is 3. The quantitative estimate of drug-likeness (QED) is 0.690. The molecular weight excluding hydrogens is 257 g/mol. The molecule has 0 aromatic heterocycles.